The maximum Gasteiger partial charge on any atom is 0.255 e. The average Bonchev–Trinajstić information content (AvgIpc) is 2.74. The van der Waals surface area contributed by atoms with Gasteiger partial charge in [-0.2, -0.15) is 9.41 Å². The maximum atomic E-state index is 13.7. The van der Waals surface area contributed by atoms with E-state index in [0.717, 1.165) is 16.7 Å². The summed E-state index contributed by atoms with van der Waals surface area (Å²) >= 11 is 5.96. The minimum Gasteiger partial charge on any atom is -0.272 e. The number of sulfonamides is 1. The number of benzene rings is 3. The van der Waals surface area contributed by atoms with Crippen LogP contribution < -0.4 is 5.43 Å². The molecule has 0 spiro atoms. The van der Waals surface area contributed by atoms with Crippen LogP contribution in [0.5, 0.6) is 0 Å². The first-order chi connectivity index (χ1) is 16.1. The Balaban J connectivity index is 1.87. The molecule has 0 aromatic heterocycles. The van der Waals surface area contributed by atoms with Crippen LogP contribution in [0.3, 0.4) is 0 Å². The highest BCUT2D eigenvalue weighted by atomic mass is 35.5. The number of carbonyl (C=O) groups excluding carboxylic acids is 1. The van der Waals surface area contributed by atoms with E-state index in [1.54, 1.807) is 38.1 Å². The van der Waals surface area contributed by atoms with Crippen LogP contribution in [0.2, 0.25) is 5.02 Å². The van der Waals surface area contributed by atoms with E-state index >= 15 is 0 Å². The van der Waals surface area contributed by atoms with E-state index in [4.69, 9.17) is 11.6 Å². The lowest BCUT2D eigenvalue weighted by Crippen LogP contribution is -2.39. The lowest BCUT2D eigenvalue weighted by Gasteiger charge is -2.24. The van der Waals surface area contributed by atoms with Crippen molar-refractivity contribution in [3.63, 3.8) is 0 Å². The number of carbonyl (C=O) groups is 1. The van der Waals surface area contributed by atoms with Crippen molar-refractivity contribution in [2.45, 2.75) is 39.1 Å². The molecule has 0 fully saturated rings. The Morgan fingerprint density at radius 1 is 0.971 bits per heavy atom. The Hall–Kier alpha value is -3.00. The van der Waals surface area contributed by atoms with Crippen LogP contribution in [0.25, 0.3) is 0 Å². The van der Waals surface area contributed by atoms with Gasteiger partial charge in [0.15, 0.2) is 0 Å². The van der Waals surface area contributed by atoms with Gasteiger partial charge in [0.25, 0.3) is 5.91 Å². The molecule has 1 N–H and O–H groups in total. The minimum atomic E-state index is -3.96. The lowest BCUT2D eigenvalue weighted by atomic mass is 10.1. The molecule has 0 radical (unpaired) electrons. The fourth-order valence-electron chi connectivity index (χ4n) is 3.79. The number of nitrogens with zero attached hydrogens (tertiary/aromatic N) is 2. The molecule has 0 atom stereocenters. The van der Waals surface area contributed by atoms with Crippen molar-refractivity contribution in [1.29, 1.82) is 0 Å². The number of hydrogen-bond donors (Lipinski definition) is 1. The first-order valence-corrected chi connectivity index (χ1v) is 12.6. The van der Waals surface area contributed by atoms with E-state index in [2.05, 4.69) is 10.5 Å². The second kappa shape index (κ2) is 11.0. The Labute approximate surface area is 206 Å². The third kappa shape index (κ3) is 6.53. The summed E-state index contributed by atoms with van der Waals surface area (Å²) in [6.45, 7) is 7.10. The predicted molar refractivity (Wildman–Crippen MR) is 137 cm³/mol. The predicted octanol–water partition coefficient (Wildman–Crippen LogP) is 4.91. The zero-order valence-corrected chi connectivity index (χ0v) is 21.2. The fourth-order valence-corrected chi connectivity index (χ4v) is 5.78. The van der Waals surface area contributed by atoms with Gasteiger partial charge in [0.05, 0.1) is 17.7 Å². The first kappa shape index (κ1) is 25.6. The average molecular weight is 498 g/mol. The van der Waals surface area contributed by atoms with Crippen LogP contribution in [0.1, 0.15) is 33.4 Å². The highest BCUT2D eigenvalue weighted by Gasteiger charge is 2.30. The van der Waals surface area contributed by atoms with Gasteiger partial charge in [0.2, 0.25) is 10.0 Å². The van der Waals surface area contributed by atoms with Gasteiger partial charge in [-0.15, -0.1) is 0 Å². The Morgan fingerprint density at radius 2 is 1.62 bits per heavy atom. The Bertz CT molecular complexity index is 1300. The van der Waals surface area contributed by atoms with Crippen LogP contribution in [-0.4, -0.2) is 31.4 Å². The van der Waals surface area contributed by atoms with Crippen molar-refractivity contribution in [1.82, 2.24) is 9.73 Å². The molecule has 0 aliphatic carbocycles. The second-order valence-electron chi connectivity index (χ2n) is 8.33. The zero-order chi connectivity index (χ0) is 24.9. The molecule has 0 unspecified atom stereocenters. The molecule has 0 saturated carbocycles. The molecule has 3 rings (SSSR count). The van der Waals surface area contributed by atoms with Crippen molar-refractivity contribution in [2.75, 3.05) is 6.54 Å². The highest BCUT2D eigenvalue weighted by Crippen LogP contribution is 2.26. The van der Waals surface area contributed by atoms with Crippen molar-refractivity contribution in [3.05, 3.63) is 99.1 Å². The minimum absolute atomic E-state index is 0.0563. The van der Waals surface area contributed by atoms with E-state index in [1.807, 2.05) is 50.2 Å². The Kier molecular flexibility index (Phi) is 8.25. The number of hydrogen-bond acceptors (Lipinski definition) is 4. The fraction of sp³-hybridized carbons (Fsp3) is 0.231. The molecule has 0 bridgehead atoms. The summed E-state index contributed by atoms with van der Waals surface area (Å²) < 4.78 is 28.6. The highest BCUT2D eigenvalue weighted by molar-refractivity contribution is 7.89. The quantitative estimate of drug-likeness (QED) is 0.354. The van der Waals surface area contributed by atoms with Gasteiger partial charge in [-0.3, -0.25) is 4.79 Å². The number of aryl methyl sites for hydroxylation is 4. The van der Waals surface area contributed by atoms with Gasteiger partial charge < -0.3 is 0 Å². The lowest BCUT2D eigenvalue weighted by molar-refractivity contribution is -0.121. The van der Waals surface area contributed by atoms with Crippen molar-refractivity contribution >= 4 is 33.7 Å². The van der Waals surface area contributed by atoms with Gasteiger partial charge in [-0.25, -0.2) is 13.8 Å². The summed E-state index contributed by atoms with van der Waals surface area (Å²) in [6.07, 6.45) is 1.46. The van der Waals surface area contributed by atoms with E-state index < -0.39 is 15.9 Å². The van der Waals surface area contributed by atoms with Crippen molar-refractivity contribution < 1.29 is 13.2 Å². The van der Waals surface area contributed by atoms with Crippen LogP contribution >= 0.6 is 11.6 Å². The number of rotatable bonds is 8. The van der Waals surface area contributed by atoms with Crippen LogP contribution in [-0.2, 0) is 21.4 Å². The van der Waals surface area contributed by atoms with Gasteiger partial charge >= 0.3 is 0 Å². The summed E-state index contributed by atoms with van der Waals surface area (Å²) in [5.41, 5.74) is 7.25. The normalized spacial score (nSPS) is 11.8. The van der Waals surface area contributed by atoms with E-state index in [0.29, 0.717) is 21.7 Å². The molecule has 3 aromatic carbocycles. The molecule has 3 aromatic rings. The monoisotopic (exact) mass is 497 g/mol. The third-order valence-electron chi connectivity index (χ3n) is 5.25. The molecule has 0 heterocycles. The molecule has 0 saturated heterocycles. The van der Waals surface area contributed by atoms with Crippen LogP contribution in [0.15, 0.2) is 70.7 Å². The summed E-state index contributed by atoms with van der Waals surface area (Å²) in [5, 5.41) is 4.50. The molecule has 8 heteroatoms. The molecule has 0 aliphatic heterocycles. The van der Waals surface area contributed by atoms with E-state index in [1.165, 1.54) is 10.5 Å². The standard InChI is InChI=1S/C26H28ClN3O3S/c1-18-8-10-22(11-9-18)16-30(34(32,33)26-20(3)12-19(2)13-21(26)4)17-25(31)29-28-15-23-6-5-7-24(27)14-23/h5-15H,16-17H2,1-4H3,(H,29,31). The van der Waals surface area contributed by atoms with Gasteiger partial charge in [0, 0.05) is 11.6 Å². The zero-order valence-electron chi connectivity index (χ0n) is 19.7. The topological polar surface area (TPSA) is 78.8 Å². The first-order valence-electron chi connectivity index (χ1n) is 10.8. The molecule has 1 amide bonds. The Morgan fingerprint density at radius 3 is 2.24 bits per heavy atom. The summed E-state index contributed by atoms with van der Waals surface area (Å²) in [6, 6.07) is 18.2. The second-order valence-corrected chi connectivity index (χ2v) is 10.6. The SMILES string of the molecule is Cc1ccc(CN(CC(=O)NN=Cc2cccc(Cl)c2)S(=O)(=O)c2c(C)cc(C)cc2C)cc1. The number of nitrogens with one attached hydrogen (secondary N) is 1. The summed E-state index contributed by atoms with van der Waals surface area (Å²) in [4.78, 5) is 12.9. The van der Waals surface area contributed by atoms with Crippen molar-refractivity contribution in [2.24, 2.45) is 5.10 Å². The van der Waals surface area contributed by atoms with Crippen LogP contribution in [0, 0.1) is 27.7 Å². The van der Waals surface area contributed by atoms with Crippen molar-refractivity contribution in [3.8, 4) is 0 Å². The number of halogens is 1. The smallest absolute Gasteiger partial charge is 0.255 e. The number of amides is 1. The molecule has 0 aliphatic rings. The number of hydrazone groups is 1. The maximum absolute atomic E-state index is 13.7. The van der Waals surface area contributed by atoms with E-state index in [-0.39, 0.29) is 18.0 Å². The van der Waals surface area contributed by atoms with Gasteiger partial charge in [-0.05, 0) is 62.1 Å². The third-order valence-corrected chi connectivity index (χ3v) is 7.59. The van der Waals surface area contributed by atoms with E-state index in [9.17, 15) is 13.2 Å². The molecular weight excluding hydrogens is 470 g/mol. The molecule has 6 nitrogen and oxygen atoms in total. The van der Waals surface area contributed by atoms with Gasteiger partial charge in [-0.1, -0.05) is 71.3 Å². The largest absolute Gasteiger partial charge is 0.272 e. The molecular formula is C26H28ClN3O3S. The van der Waals surface area contributed by atoms with Gasteiger partial charge in [0.1, 0.15) is 0 Å². The molecule has 34 heavy (non-hydrogen) atoms. The summed E-state index contributed by atoms with van der Waals surface area (Å²) in [7, 11) is -3.96. The summed E-state index contributed by atoms with van der Waals surface area (Å²) in [5.74, 6) is -0.545. The van der Waals surface area contributed by atoms with Crippen LogP contribution in [0.4, 0.5) is 0 Å². The molecule has 178 valence electrons.